The minimum Gasteiger partial charge on any atom is -0.311 e. The van der Waals surface area contributed by atoms with Gasteiger partial charge in [-0.15, -0.1) is 0 Å². The molecule has 2 aliphatic rings. The first-order valence-electron chi connectivity index (χ1n) is 35.3. The highest BCUT2D eigenvalue weighted by Crippen LogP contribution is 2.49. The second kappa shape index (κ2) is 26.6. The quantitative estimate of drug-likeness (QED) is 0.0705. The van der Waals surface area contributed by atoms with Gasteiger partial charge in [0.2, 0.25) is 0 Å². The summed E-state index contributed by atoms with van der Waals surface area (Å²) in [7, 11) is -6.13. The molecule has 102 heavy (non-hydrogen) atoms. The van der Waals surface area contributed by atoms with Gasteiger partial charge in [0.15, 0.2) is 16.1 Å². The average Bonchev–Trinajstić information content (AvgIpc) is 0.694. The summed E-state index contributed by atoms with van der Waals surface area (Å²) in [5.41, 5.74) is 20.6. The first-order valence-corrected chi connectivity index (χ1v) is 39.3. The molecule has 16 aromatic rings. The third-order valence-corrected chi connectivity index (χ3v) is 30.6. The number of hydrogen-bond acceptors (Lipinski definition) is 3. The molecule has 0 amide bonds. The van der Waals surface area contributed by atoms with Crippen LogP contribution < -0.4 is 72.6 Å². The van der Waals surface area contributed by atoms with Gasteiger partial charge in [0, 0.05) is 45.5 Å². The number of rotatable bonds is 16. The summed E-state index contributed by atoms with van der Waals surface area (Å²) in [6.45, 7) is -0.224. The van der Waals surface area contributed by atoms with Crippen LogP contribution in [0.5, 0.6) is 0 Å². The molecule has 2 aliphatic heterocycles. The minimum atomic E-state index is -3.08. The summed E-state index contributed by atoms with van der Waals surface area (Å²) < 4.78 is 0. The lowest BCUT2D eigenvalue weighted by Gasteiger charge is -2.45. The Hall–Kier alpha value is -12.6. The van der Waals surface area contributed by atoms with Gasteiger partial charge in [-0.1, -0.05) is 352 Å². The molecule has 0 aliphatic carbocycles. The summed E-state index contributed by atoms with van der Waals surface area (Å²) in [4.78, 5) is 7.71. The highest BCUT2D eigenvalue weighted by atomic mass is 28.3. The molecule has 0 spiro atoms. The fourth-order valence-electron chi connectivity index (χ4n) is 16.8. The molecule has 0 atom stereocenters. The minimum absolute atomic E-state index is 0.224. The van der Waals surface area contributed by atoms with Crippen LogP contribution in [0, 0.1) is 0 Å². The molecule has 18 rings (SSSR count). The van der Waals surface area contributed by atoms with Gasteiger partial charge in [-0.3, -0.25) is 0 Å². The van der Waals surface area contributed by atoms with Crippen molar-refractivity contribution in [1.29, 1.82) is 0 Å². The molecule has 2 heterocycles. The van der Waals surface area contributed by atoms with Gasteiger partial charge >= 0.3 is 0 Å². The second-order valence-corrected chi connectivity index (χ2v) is 34.2. The largest absolute Gasteiger partial charge is 0.311 e. The van der Waals surface area contributed by atoms with Crippen molar-refractivity contribution < 1.29 is 0 Å². The van der Waals surface area contributed by atoms with Crippen LogP contribution in [-0.2, 0) is 0 Å². The Morgan fingerprint density at radius 3 is 0.931 bits per heavy atom. The molecule has 0 radical (unpaired) electrons. The topological polar surface area (TPSA) is 9.72 Å². The lowest BCUT2D eigenvalue weighted by Crippen LogP contribution is -2.74. The molecule has 0 bridgehead atoms. The summed E-state index contributed by atoms with van der Waals surface area (Å²) in [6, 6.07) is 160. The molecule has 0 unspecified atom stereocenters. The number of benzene rings is 16. The molecule has 0 N–H and O–H groups in total. The Morgan fingerprint density at radius 1 is 0.216 bits per heavy atom. The zero-order valence-corrected chi connectivity index (χ0v) is 58.3. The van der Waals surface area contributed by atoms with E-state index in [0.29, 0.717) is 0 Å². The number of fused-ring (bicyclic) bond motifs is 4. The molecule has 0 fully saturated rings. The van der Waals surface area contributed by atoms with Crippen LogP contribution in [0.3, 0.4) is 0 Å². The van der Waals surface area contributed by atoms with E-state index in [9.17, 15) is 0 Å². The summed E-state index contributed by atoms with van der Waals surface area (Å²) in [6.07, 6.45) is 0. The maximum Gasteiger partial charge on any atom is 0.252 e. The van der Waals surface area contributed by atoms with Crippen molar-refractivity contribution in [3.63, 3.8) is 0 Å². The smallest absolute Gasteiger partial charge is 0.252 e. The number of nitrogens with zero attached hydrogens (tertiary/aromatic N) is 3. The van der Waals surface area contributed by atoms with Crippen LogP contribution in [0.2, 0.25) is 0 Å². The maximum absolute atomic E-state index is 3.08. The van der Waals surface area contributed by atoms with Gasteiger partial charge in [-0.25, -0.2) is 0 Å². The highest BCUT2D eigenvalue weighted by Gasteiger charge is 2.47. The Balaban J connectivity index is 0.964. The SMILES string of the molecule is c1ccc(-c2cccc(-c3ccccc3)c2-c2ccc3c(c2)B2c4ccccc4N(c4cccc([Si](c5ccccc5)(c5ccccc5)c5ccccc5)c4)c4cc(N(c5ccccc5)c5ccccc5)cc(c42)N3c2cccc([Si](c3ccccc3)(c3ccccc3)c3ccccc3)c2)cc1. The first kappa shape index (κ1) is 61.7. The first-order chi connectivity index (χ1) is 50.6. The van der Waals surface area contributed by atoms with Gasteiger partial charge in [0.05, 0.1) is 5.69 Å². The fourth-order valence-corrected chi connectivity index (χ4v) is 26.4. The van der Waals surface area contributed by atoms with Crippen LogP contribution in [-0.4, -0.2) is 22.9 Å². The Kier molecular flexibility index (Phi) is 16.1. The van der Waals surface area contributed by atoms with Crippen molar-refractivity contribution in [3.8, 4) is 33.4 Å². The molecule has 0 aromatic heterocycles. The van der Waals surface area contributed by atoms with Crippen LogP contribution in [0.25, 0.3) is 33.4 Å². The predicted octanol–water partition coefficient (Wildman–Crippen LogP) is 17.0. The van der Waals surface area contributed by atoms with Gasteiger partial charge < -0.3 is 14.7 Å². The highest BCUT2D eigenvalue weighted by molar-refractivity contribution is 7.20. The summed E-state index contributed by atoms with van der Waals surface area (Å²) in [5, 5.41) is 10.5. The third-order valence-electron chi connectivity index (χ3n) is 21.1. The van der Waals surface area contributed by atoms with E-state index in [1.54, 1.807) is 0 Å². The monoisotopic (exact) mass is 1330 g/mol. The molecular weight excluding hydrogens is 1260 g/mol. The number of anilines is 9. The van der Waals surface area contributed by atoms with E-state index in [0.717, 1.165) is 56.7 Å². The average molecular weight is 1330 g/mol. The van der Waals surface area contributed by atoms with Crippen molar-refractivity contribution in [1.82, 2.24) is 0 Å². The lowest BCUT2D eigenvalue weighted by atomic mass is 9.33. The molecule has 480 valence electrons. The number of hydrogen-bond donors (Lipinski definition) is 0. The molecular formula is C96H70BN3Si2. The predicted molar refractivity (Wildman–Crippen MR) is 439 cm³/mol. The number of para-hydroxylation sites is 3. The standard InChI is InChI=1S/C96H70BN3Si2/c1-11-36-71(37-12-1)87-60-35-61-88(72-38-13-2-14-39-72)95(87)73-64-65-92-90(66-73)97-89-62-31-32-63-91(89)99(76-44-33-58-85(67-76)101(79-46-19-5-20-47-79,80-48-21-6-22-49-80)81-50-23-7-24-51-81)93-69-78(98(74-40-15-3-16-41-74)75-42-17-4-18-43-75)70-94(96(93)97)100(92)77-45-34-59-86(68-77)102(82-52-25-8-26-53-82,83-54-27-9-28-55-83)84-56-29-10-30-57-84/h1-70H. The molecule has 6 heteroatoms. The van der Waals surface area contributed by atoms with E-state index in [1.165, 1.54) is 85.7 Å². The van der Waals surface area contributed by atoms with Gasteiger partial charge in [-0.2, -0.15) is 0 Å². The van der Waals surface area contributed by atoms with Crippen LogP contribution in [0.15, 0.2) is 425 Å². The lowest BCUT2D eigenvalue weighted by molar-refractivity contribution is 1.23. The van der Waals surface area contributed by atoms with E-state index in [2.05, 4.69) is 439 Å². The van der Waals surface area contributed by atoms with Crippen LogP contribution in [0.1, 0.15) is 0 Å². The van der Waals surface area contributed by atoms with Crippen molar-refractivity contribution in [2.45, 2.75) is 0 Å². The fraction of sp³-hybridized carbons (Fsp3) is 0. The second-order valence-electron chi connectivity index (χ2n) is 26.6. The van der Waals surface area contributed by atoms with Gasteiger partial charge in [0.25, 0.3) is 6.71 Å². The van der Waals surface area contributed by atoms with Crippen molar-refractivity contribution in [2.75, 3.05) is 14.7 Å². The third kappa shape index (κ3) is 10.5. The normalized spacial score (nSPS) is 12.3. The van der Waals surface area contributed by atoms with E-state index >= 15 is 0 Å². The van der Waals surface area contributed by atoms with Crippen LogP contribution >= 0.6 is 0 Å². The zero-order chi connectivity index (χ0) is 67.8. The Labute approximate surface area is 600 Å². The summed E-state index contributed by atoms with van der Waals surface area (Å²) in [5.74, 6) is 0. The molecule has 0 saturated carbocycles. The zero-order valence-electron chi connectivity index (χ0n) is 56.3. The molecule has 0 saturated heterocycles. The Morgan fingerprint density at radius 2 is 0.539 bits per heavy atom. The Bertz CT molecular complexity index is 5340. The van der Waals surface area contributed by atoms with Crippen molar-refractivity contribution in [3.05, 3.63) is 425 Å². The van der Waals surface area contributed by atoms with E-state index in [4.69, 9.17) is 0 Å². The maximum atomic E-state index is 2.64. The van der Waals surface area contributed by atoms with Gasteiger partial charge in [-0.05, 0) is 164 Å². The van der Waals surface area contributed by atoms with Crippen molar-refractivity contribution in [2.24, 2.45) is 0 Å². The van der Waals surface area contributed by atoms with E-state index in [1.807, 2.05) is 0 Å². The summed E-state index contributed by atoms with van der Waals surface area (Å²) >= 11 is 0. The van der Waals surface area contributed by atoms with E-state index in [-0.39, 0.29) is 6.71 Å². The van der Waals surface area contributed by atoms with Crippen LogP contribution in [0.4, 0.5) is 51.2 Å². The van der Waals surface area contributed by atoms with Gasteiger partial charge in [0.1, 0.15) is 0 Å². The van der Waals surface area contributed by atoms with E-state index < -0.39 is 16.1 Å². The molecule has 16 aromatic carbocycles. The molecule has 3 nitrogen and oxygen atoms in total. The van der Waals surface area contributed by atoms with Crippen molar-refractivity contribution >= 4 is 132 Å².